The molecule has 89 valence electrons. The van der Waals surface area contributed by atoms with Gasteiger partial charge < -0.3 is 4.74 Å². The molecule has 0 aliphatic carbocycles. The lowest BCUT2D eigenvalue weighted by atomic mass is 10.0. The molecule has 0 N–H and O–H groups in total. The van der Waals surface area contributed by atoms with Crippen LogP contribution < -0.4 is 4.74 Å². The van der Waals surface area contributed by atoms with Crippen molar-refractivity contribution < 1.29 is 17.9 Å². The van der Waals surface area contributed by atoms with E-state index in [1.165, 1.54) is 12.1 Å². The Labute approximate surface area is 93.2 Å². The molecule has 1 radical (unpaired) electrons. The summed E-state index contributed by atoms with van der Waals surface area (Å²) in [6.07, 6.45) is -3.94. The Hall–Kier alpha value is -1.19. The number of halogens is 3. The third kappa shape index (κ3) is 4.55. The second kappa shape index (κ2) is 4.76. The molecule has 0 atom stereocenters. The second-order valence-electron chi connectivity index (χ2n) is 4.13. The lowest BCUT2D eigenvalue weighted by Gasteiger charge is -2.12. The topological polar surface area (TPSA) is 9.23 Å². The Morgan fingerprint density at radius 3 is 2.38 bits per heavy atom. The summed E-state index contributed by atoms with van der Waals surface area (Å²) in [6, 6.07) is 4.45. The minimum absolute atomic E-state index is 0.198. The van der Waals surface area contributed by atoms with Gasteiger partial charge in [0, 0.05) is 0 Å². The fourth-order valence-electron chi connectivity index (χ4n) is 1.51. The molecule has 1 rings (SSSR count). The van der Waals surface area contributed by atoms with Gasteiger partial charge in [-0.05, 0) is 42.5 Å². The van der Waals surface area contributed by atoms with E-state index in [2.05, 4.69) is 11.7 Å². The van der Waals surface area contributed by atoms with Crippen LogP contribution >= 0.6 is 0 Å². The van der Waals surface area contributed by atoms with E-state index in [-0.39, 0.29) is 5.75 Å². The van der Waals surface area contributed by atoms with Crippen molar-refractivity contribution in [1.29, 1.82) is 0 Å². The summed E-state index contributed by atoms with van der Waals surface area (Å²) < 4.78 is 39.9. The third-order valence-corrected chi connectivity index (χ3v) is 1.90. The molecule has 0 bridgehead atoms. The van der Waals surface area contributed by atoms with E-state index in [4.69, 9.17) is 0 Å². The van der Waals surface area contributed by atoms with Gasteiger partial charge in [0.1, 0.15) is 5.75 Å². The average molecular weight is 231 g/mol. The smallest absolute Gasteiger partial charge is 0.406 e. The van der Waals surface area contributed by atoms with E-state index in [1.54, 1.807) is 6.07 Å². The first kappa shape index (κ1) is 12.9. The maximum absolute atomic E-state index is 12.0. The van der Waals surface area contributed by atoms with E-state index < -0.39 is 6.36 Å². The third-order valence-electron chi connectivity index (χ3n) is 1.90. The maximum atomic E-state index is 12.0. The van der Waals surface area contributed by atoms with Crippen molar-refractivity contribution in [3.63, 3.8) is 0 Å². The quantitative estimate of drug-likeness (QED) is 0.764. The summed E-state index contributed by atoms with van der Waals surface area (Å²) in [5.74, 6) is 0.177. The molecule has 0 aromatic heterocycles. The van der Waals surface area contributed by atoms with Crippen molar-refractivity contribution in [1.82, 2.24) is 0 Å². The van der Waals surface area contributed by atoms with Crippen LogP contribution in [0.25, 0.3) is 0 Å². The SMILES string of the molecule is [CH2]c1cc(CC(C)C)cc(OC(F)(F)F)c1. The van der Waals surface area contributed by atoms with E-state index in [0.29, 0.717) is 17.9 Å². The molecule has 0 unspecified atom stereocenters. The monoisotopic (exact) mass is 231 g/mol. The van der Waals surface area contributed by atoms with Crippen LogP contribution in [0.4, 0.5) is 13.2 Å². The molecule has 1 nitrogen and oxygen atoms in total. The highest BCUT2D eigenvalue weighted by Gasteiger charge is 2.31. The summed E-state index contributed by atoms with van der Waals surface area (Å²) >= 11 is 0. The molecule has 1 aromatic carbocycles. The minimum Gasteiger partial charge on any atom is -0.406 e. The van der Waals surface area contributed by atoms with E-state index in [1.807, 2.05) is 13.8 Å². The molecule has 0 aliphatic heterocycles. The van der Waals surface area contributed by atoms with Crippen LogP contribution in [0.3, 0.4) is 0 Å². The molecule has 4 heteroatoms. The Balaban J connectivity index is 2.90. The number of rotatable bonds is 3. The van der Waals surface area contributed by atoms with Crippen LogP contribution in [0.1, 0.15) is 25.0 Å². The van der Waals surface area contributed by atoms with Crippen LogP contribution in [0.5, 0.6) is 5.75 Å². The molecule has 0 saturated carbocycles. The molecule has 16 heavy (non-hydrogen) atoms. The van der Waals surface area contributed by atoms with Gasteiger partial charge in [-0.3, -0.25) is 0 Å². The summed E-state index contributed by atoms with van der Waals surface area (Å²) in [7, 11) is 0. The lowest BCUT2D eigenvalue weighted by Crippen LogP contribution is -2.17. The average Bonchev–Trinajstić information content (AvgIpc) is 1.96. The van der Waals surface area contributed by atoms with Crippen molar-refractivity contribution in [2.24, 2.45) is 5.92 Å². The molecule has 1 aromatic rings. The van der Waals surface area contributed by atoms with Gasteiger partial charge in [-0.2, -0.15) is 0 Å². The van der Waals surface area contributed by atoms with E-state index >= 15 is 0 Å². The van der Waals surface area contributed by atoms with Gasteiger partial charge >= 0.3 is 6.36 Å². The highest BCUT2D eigenvalue weighted by atomic mass is 19.4. The lowest BCUT2D eigenvalue weighted by molar-refractivity contribution is -0.274. The summed E-state index contributed by atoms with van der Waals surface area (Å²) in [5, 5.41) is 0. The predicted molar refractivity (Wildman–Crippen MR) is 56.1 cm³/mol. The standard InChI is InChI=1S/C12H14F3O/c1-8(2)4-10-5-9(3)6-11(7-10)16-12(13,14)15/h5-8H,3-4H2,1-2H3. The van der Waals surface area contributed by atoms with E-state index in [0.717, 1.165) is 5.56 Å². The van der Waals surface area contributed by atoms with Crippen molar-refractivity contribution >= 4 is 0 Å². The van der Waals surface area contributed by atoms with Crippen molar-refractivity contribution in [3.8, 4) is 5.75 Å². The number of alkyl halides is 3. The Kier molecular flexibility index (Phi) is 3.83. The van der Waals surface area contributed by atoms with Gasteiger partial charge in [-0.25, -0.2) is 0 Å². The number of ether oxygens (including phenoxy) is 1. The Bertz CT molecular complexity index is 356. The fraction of sp³-hybridized carbons (Fsp3) is 0.417. The number of hydrogen-bond donors (Lipinski definition) is 0. The zero-order valence-corrected chi connectivity index (χ0v) is 9.27. The predicted octanol–water partition coefficient (Wildman–Crippen LogP) is 3.97. The number of hydrogen-bond acceptors (Lipinski definition) is 1. The Morgan fingerprint density at radius 2 is 1.88 bits per heavy atom. The van der Waals surface area contributed by atoms with Crippen LogP contribution in [0.2, 0.25) is 0 Å². The van der Waals surface area contributed by atoms with E-state index in [9.17, 15) is 13.2 Å². The van der Waals surface area contributed by atoms with Crippen LogP contribution in [0.15, 0.2) is 18.2 Å². The van der Waals surface area contributed by atoms with Crippen molar-refractivity contribution in [3.05, 3.63) is 36.2 Å². The largest absolute Gasteiger partial charge is 0.573 e. The van der Waals surface area contributed by atoms with Gasteiger partial charge in [-0.1, -0.05) is 19.9 Å². The first-order valence-corrected chi connectivity index (χ1v) is 4.98. The molecule has 0 fully saturated rings. The summed E-state index contributed by atoms with van der Waals surface area (Å²) in [4.78, 5) is 0. The van der Waals surface area contributed by atoms with Crippen LogP contribution in [-0.2, 0) is 6.42 Å². The van der Waals surface area contributed by atoms with Gasteiger partial charge in [0.05, 0.1) is 0 Å². The van der Waals surface area contributed by atoms with Crippen molar-refractivity contribution in [2.45, 2.75) is 26.6 Å². The summed E-state index contributed by atoms with van der Waals surface area (Å²) in [5.41, 5.74) is 1.33. The molecule has 0 aliphatic rings. The highest BCUT2D eigenvalue weighted by Crippen LogP contribution is 2.25. The first-order chi connectivity index (χ1) is 7.26. The van der Waals surface area contributed by atoms with Gasteiger partial charge in [0.25, 0.3) is 0 Å². The maximum Gasteiger partial charge on any atom is 0.573 e. The first-order valence-electron chi connectivity index (χ1n) is 4.98. The van der Waals surface area contributed by atoms with Crippen LogP contribution in [0, 0.1) is 12.8 Å². The zero-order chi connectivity index (χ0) is 12.3. The Morgan fingerprint density at radius 1 is 1.25 bits per heavy atom. The van der Waals surface area contributed by atoms with Crippen molar-refractivity contribution in [2.75, 3.05) is 0 Å². The number of benzene rings is 1. The second-order valence-corrected chi connectivity index (χ2v) is 4.13. The normalized spacial score (nSPS) is 11.9. The molecular formula is C12H14F3O. The minimum atomic E-state index is -4.65. The van der Waals surface area contributed by atoms with Gasteiger partial charge in [0.15, 0.2) is 0 Å². The fourth-order valence-corrected chi connectivity index (χ4v) is 1.51. The highest BCUT2D eigenvalue weighted by molar-refractivity contribution is 5.36. The molecule has 0 heterocycles. The molecular weight excluding hydrogens is 217 g/mol. The van der Waals surface area contributed by atoms with Gasteiger partial charge in [0.2, 0.25) is 0 Å². The molecule has 0 amide bonds. The zero-order valence-electron chi connectivity index (χ0n) is 9.27. The van der Waals surface area contributed by atoms with Crippen LogP contribution in [-0.4, -0.2) is 6.36 Å². The van der Waals surface area contributed by atoms with Gasteiger partial charge in [-0.15, -0.1) is 13.2 Å². The molecule has 0 spiro atoms. The summed E-state index contributed by atoms with van der Waals surface area (Å²) in [6.45, 7) is 7.63. The molecule has 0 saturated heterocycles.